The predicted molar refractivity (Wildman–Crippen MR) is 85.7 cm³/mol. The van der Waals surface area contributed by atoms with E-state index in [1.54, 1.807) is 26.1 Å². The number of aryl methyl sites for hydroxylation is 1. The maximum atomic E-state index is 12.1. The highest BCUT2D eigenvalue weighted by Crippen LogP contribution is 2.17. The summed E-state index contributed by atoms with van der Waals surface area (Å²) in [6.07, 6.45) is 1.61. The monoisotopic (exact) mass is 318 g/mol. The maximum Gasteiger partial charge on any atom is 0.256 e. The minimum absolute atomic E-state index is 0.215. The zero-order valence-corrected chi connectivity index (χ0v) is 13.5. The molecule has 1 aromatic carbocycles. The second kappa shape index (κ2) is 6.27. The van der Waals surface area contributed by atoms with Crippen LogP contribution >= 0.6 is 0 Å². The van der Waals surface area contributed by atoms with Crippen molar-refractivity contribution >= 4 is 21.6 Å². The van der Waals surface area contributed by atoms with E-state index in [1.807, 2.05) is 13.0 Å². The normalized spacial score (nSPS) is 11.5. The summed E-state index contributed by atoms with van der Waals surface area (Å²) in [5, 5.41) is 2.18. The highest BCUT2D eigenvalue weighted by Gasteiger charge is 2.19. The van der Waals surface area contributed by atoms with E-state index in [9.17, 15) is 13.2 Å². The van der Waals surface area contributed by atoms with E-state index in [-0.39, 0.29) is 10.8 Å². The van der Waals surface area contributed by atoms with E-state index in [1.165, 1.54) is 24.3 Å². The third-order valence-corrected chi connectivity index (χ3v) is 5.39. The van der Waals surface area contributed by atoms with Crippen LogP contribution in [0.3, 0.4) is 0 Å². The molecule has 2 aromatic rings. The van der Waals surface area contributed by atoms with Gasteiger partial charge in [-0.05, 0) is 62.7 Å². The summed E-state index contributed by atoms with van der Waals surface area (Å²) in [6.45, 7) is 5.15. The van der Waals surface area contributed by atoms with Crippen LogP contribution in [0.4, 0.5) is 5.82 Å². The van der Waals surface area contributed by atoms with Crippen LogP contribution in [0.15, 0.2) is 47.5 Å². The van der Waals surface area contributed by atoms with Gasteiger partial charge >= 0.3 is 0 Å². The molecule has 5 nitrogen and oxygen atoms in total. The van der Waals surface area contributed by atoms with Crippen LogP contribution < -0.4 is 5.32 Å². The summed E-state index contributed by atoms with van der Waals surface area (Å²) >= 11 is 0. The number of pyridine rings is 1. The standard InChI is InChI=1S/C16H18N2O3S/c1-11(2)22(20,21)14-6-4-13(5-7-14)16(19)18-15-10-12(3)8-9-17-15/h4-11H,1-3H3,(H,17,18,19). The molecule has 0 aliphatic carbocycles. The number of carbonyl (C=O) groups excluding carboxylic acids is 1. The van der Waals surface area contributed by atoms with Gasteiger partial charge < -0.3 is 5.32 Å². The lowest BCUT2D eigenvalue weighted by molar-refractivity contribution is 0.102. The molecule has 1 aromatic heterocycles. The Bertz CT molecular complexity index is 781. The first-order valence-corrected chi connectivity index (χ1v) is 8.43. The van der Waals surface area contributed by atoms with Crippen molar-refractivity contribution in [1.29, 1.82) is 0 Å². The highest BCUT2D eigenvalue weighted by atomic mass is 32.2. The van der Waals surface area contributed by atoms with E-state index >= 15 is 0 Å². The minimum atomic E-state index is -3.33. The summed E-state index contributed by atoms with van der Waals surface area (Å²) < 4.78 is 24.1. The lowest BCUT2D eigenvalue weighted by atomic mass is 10.2. The van der Waals surface area contributed by atoms with Crippen LogP contribution in [0.5, 0.6) is 0 Å². The average molecular weight is 318 g/mol. The van der Waals surface area contributed by atoms with E-state index in [2.05, 4.69) is 10.3 Å². The molecule has 0 spiro atoms. The van der Waals surface area contributed by atoms with Crippen molar-refractivity contribution in [2.24, 2.45) is 0 Å². The molecule has 0 unspecified atom stereocenters. The molecule has 116 valence electrons. The van der Waals surface area contributed by atoms with Crippen LogP contribution in [-0.2, 0) is 9.84 Å². The van der Waals surface area contributed by atoms with E-state index in [4.69, 9.17) is 0 Å². The number of nitrogens with one attached hydrogen (secondary N) is 1. The molecule has 1 amide bonds. The largest absolute Gasteiger partial charge is 0.307 e. The molecule has 0 bridgehead atoms. The molecule has 0 saturated carbocycles. The Balaban J connectivity index is 2.19. The second-order valence-electron chi connectivity index (χ2n) is 5.29. The molecule has 6 heteroatoms. The topological polar surface area (TPSA) is 76.1 Å². The quantitative estimate of drug-likeness (QED) is 0.940. The Kier molecular flexibility index (Phi) is 4.61. The molecule has 0 aliphatic heterocycles. The minimum Gasteiger partial charge on any atom is -0.307 e. The SMILES string of the molecule is Cc1ccnc(NC(=O)c2ccc(S(=O)(=O)C(C)C)cc2)c1. The fourth-order valence-corrected chi connectivity index (χ4v) is 2.92. The molecule has 0 radical (unpaired) electrons. The predicted octanol–water partition coefficient (Wildman–Crippen LogP) is 2.82. The first-order valence-electron chi connectivity index (χ1n) is 6.88. The third kappa shape index (κ3) is 3.51. The number of aromatic nitrogens is 1. The van der Waals surface area contributed by atoms with Gasteiger partial charge in [-0.25, -0.2) is 13.4 Å². The van der Waals surface area contributed by atoms with Gasteiger partial charge in [0.2, 0.25) is 0 Å². The Morgan fingerprint density at radius 3 is 2.32 bits per heavy atom. The van der Waals surface area contributed by atoms with Crippen LogP contribution in [0.25, 0.3) is 0 Å². The number of hydrogen-bond acceptors (Lipinski definition) is 4. The van der Waals surface area contributed by atoms with Crippen molar-refractivity contribution in [3.05, 3.63) is 53.7 Å². The van der Waals surface area contributed by atoms with Crippen molar-refractivity contribution in [3.8, 4) is 0 Å². The molecule has 2 rings (SSSR count). The van der Waals surface area contributed by atoms with Crippen LogP contribution in [0.1, 0.15) is 29.8 Å². The van der Waals surface area contributed by atoms with Gasteiger partial charge in [0.1, 0.15) is 5.82 Å². The Morgan fingerprint density at radius 2 is 1.77 bits per heavy atom. The average Bonchev–Trinajstić information content (AvgIpc) is 2.47. The number of amides is 1. The van der Waals surface area contributed by atoms with Gasteiger partial charge in [0, 0.05) is 11.8 Å². The third-order valence-electron chi connectivity index (χ3n) is 3.22. The Morgan fingerprint density at radius 1 is 1.14 bits per heavy atom. The molecule has 0 aliphatic rings. The number of rotatable bonds is 4. The van der Waals surface area contributed by atoms with Crippen LogP contribution in [0.2, 0.25) is 0 Å². The van der Waals surface area contributed by atoms with Gasteiger partial charge in [0.25, 0.3) is 5.91 Å². The van der Waals surface area contributed by atoms with Crippen molar-refractivity contribution in [2.45, 2.75) is 30.9 Å². The summed E-state index contributed by atoms with van der Waals surface area (Å²) in [5.74, 6) is 0.135. The molecule has 0 fully saturated rings. The van der Waals surface area contributed by atoms with Gasteiger partial charge in [0.05, 0.1) is 10.1 Å². The lowest BCUT2D eigenvalue weighted by Gasteiger charge is -2.09. The summed E-state index contributed by atoms with van der Waals surface area (Å²) in [7, 11) is -3.33. The van der Waals surface area contributed by atoms with E-state index in [0.29, 0.717) is 11.4 Å². The second-order valence-corrected chi connectivity index (χ2v) is 7.79. The summed E-state index contributed by atoms with van der Waals surface area (Å²) in [6, 6.07) is 9.50. The smallest absolute Gasteiger partial charge is 0.256 e. The molecule has 0 atom stereocenters. The van der Waals surface area contributed by atoms with E-state index in [0.717, 1.165) is 5.56 Å². The molecule has 1 N–H and O–H groups in total. The van der Waals surface area contributed by atoms with Gasteiger partial charge in [-0.2, -0.15) is 0 Å². The molecular formula is C16H18N2O3S. The van der Waals surface area contributed by atoms with Crippen molar-refractivity contribution in [1.82, 2.24) is 4.98 Å². The lowest BCUT2D eigenvalue weighted by Crippen LogP contribution is -2.15. The number of carbonyl (C=O) groups is 1. The van der Waals surface area contributed by atoms with Gasteiger partial charge in [-0.15, -0.1) is 0 Å². The number of hydrogen-bond donors (Lipinski definition) is 1. The zero-order chi connectivity index (χ0) is 16.3. The van der Waals surface area contributed by atoms with Gasteiger partial charge in [0.15, 0.2) is 9.84 Å². The Hall–Kier alpha value is -2.21. The molecular weight excluding hydrogens is 300 g/mol. The molecule has 22 heavy (non-hydrogen) atoms. The molecule has 1 heterocycles. The zero-order valence-electron chi connectivity index (χ0n) is 12.7. The first kappa shape index (κ1) is 16.2. The number of sulfone groups is 1. The van der Waals surface area contributed by atoms with Crippen molar-refractivity contribution < 1.29 is 13.2 Å². The number of nitrogens with zero attached hydrogens (tertiary/aromatic N) is 1. The number of benzene rings is 1. The fourth-order valence-electron chi connectivity index (χ4n) is 1.86. The molecule has 0 saturated heterocycles. The van der Waals surface area contributed by atoms with Crippen LogP contribution in [-0.4, -0.2) is 24.6 Å². The summed E-state index contributed by atoms with van der Waals surface area (Å²) in [5.41, 5.74) is 1.37. The van der Waals surface area contributed by atoms with Gasteiger partial charge in [-0.3, -0.25) is 4.79 Å². The fraction of sp³-hybridized carbons (Fsp3) is 0.250. The number of anilines is 1. The first-order chi connectivity index (χ1) is 10.3. The highest BCUT2D eigenvalue weighted by molar-refractivity contribution is 7.92. The Labute approximate surface area is 130 Å². The van der Waals surface area contributed by atoms with E-state index < -0.39 is 15.1 Å². The maximum absolute atomic E-state index is 12.1. The van der Waals surface area contributed by atoms with Gasteiger partial charge in [-0.1, -0.05) is 0 Å². The summed E-state index contributed by atoms with van der Waals surface area (Å²) in [4.78, 5) is 16.4. The van der Waals surface area contributed by atoms with Crippen molar-refractivity contribution in [3.63, 3.8) is 0 Å². The van der Waals surface area contributed by atoms with Crippen LogP contribution in [0, 0.1) is 6.92 Å². The van der Waals surface area contributed by atoms with Crippen molar-refractivity contribution in [2.75, 3.05) is 5.32 Å².